The van der Waals surface area contributed by atoms with Gasteiger partial charge in [0.2, 0.25) is 5.60 Å². The molecule has 1 N–H and O–H groups in total. The van der Waals surface area contributed by atoms with E-state index in [1.807, 2.05) is 18.9 Å². The number of nitrogens with zero attached hydrogens (tertiary/aromatic N) is 2. The molecule has 2 rings (SSSR count). The molecule has 8 heteroatoms. The summed E-state index contributed by atoms with van der Waals surface area (Å²) in [6, 6.07) is 2.73. The van der Waals surface area contributed by atoms with Crippen molar-refractivity contribution in [3.63, 3.8) is 0 Å². The van der Waals surface area contributed by atoms with E-state index >= 15 is 0 Å². The number of rotatable bonds is 8. The molecule has 1 aliphatic rings. The molecule has 2 atom stereocenters. The predicted octanol–water partition coefficient (Wildman–Crippen LogP) is 4.18. The lowest BCUT2D eigenvalue weighted by Gasteiger charge is -2.44. The van der Waals surface area contributed by atoms with E-state index in [1.54, 1.807) is 13.3 Å². The molecule has 5 nitrogen and oxygen atoms in total. The molecule has 0 spiro atoms. The van der Waals surface area contributed by atoms with Crippen molar-refractivity contribution >= 4 is 12.0 Å². The van der Waals surface area contributed by atoms with E-state index in [4.69, 9.17) is 9.47 Å². The topological polar surface area (TPSA) is 54.3 Å². The minimum Gasteiger partial charge on any atom is -0.496 e. The fourth-order valence-electron chi connectivity index (χ4n) is 3.44. The average molecular weight is 402 g/mol. The van der Waals surface area contributed by atoms with Crippen molar-refractivity contribution in [2.75, 3.05) is 27.8 Å². The Kier molecular flexibility index (Phi) is 6.98. The summed E-state index contributed by atoms with van der Waals surface area (Å²) in [5.41, 5.74) is -2.54. The molecule has 1 aromatic rings. The smallest absolute Gasteiger partial charge is 0.424 e. The van der Waals surface area contributed by atoms with Crippen LogP contribution in [0.1, 0.15) is 37.3 Å². The first kappa shape index (κ1) is 22.5. The van der Waals surface area contributed by atoms with E-state index < -0.39 is 17.9 Å². The normalized spacial score (nSPS) is 18.6. The van der Waals surface area contributed by atoms with Gasteiger partial charge in [0.05, 0.1) is 19.1 Å². The van der Waals surface area contributed by atoms with E-state index in [0.29, 0.717) is 24.1 Å². The maximum absolute atomic E-state index is 14.2. The summed E-state index contributed by atoms with van der Waals surface area (Å²) in [5, 5.41) is 11.0. The third kappa shape index (κ3) is 4.12. The minimum absolute atomic E-state index is 0.0712. The van der Waals surface area contributed by atoms with E-state index in [2.05, 4.69) is 4.99 Å². The van der Waals surface area contributed by atoms with Gasteiger partial charge in [-0.05, 0) is 44.2 Å². The first-order chi connectivity index (χ1) is 13.1. The molecule has 0 heterocycles. The molecule has 0 bridgehead atoms. The molecule has 0 saturated heterocycles. The molecule has 158 valence electrons. The second kappa shape index (κ2) is 8.69. The number of hydrogen-bond acceptors (Lipinski definition) is 4. The monoisotopic (exact) mass is 402 g/mol. The maximum atomic E-state index is 14.2. The summed E-state index contributed by atoms with van der Waals surface area (Å²) < 4.78 is 53.0. The van der Waals surface area contributed by atoms with Crippen molar-refractivity contribution in [3.8, 4) is 5.75 Å². The van der Waals surface area contributed by atoms with Crippen molar-refractivity contribution in [1.82, 2.24) is 4.90 Å². The molecule has 28 heavy (non-hydrogen) atoms. The second-order valence-electron chi connectivity index (χ2n) is 7.27. The average Bonchev–Trinajstić information content (AvgIpc) is 2.61. The summed E-state index contributed by atoms with van der Waals surface area (Å²) >= 11 is 0. The van der Waals surface area contributed by atoms with Gasteiger partial charge in [-0.1, -0.05) is 6.42 Å². The Morgan fingerprint density at radius 1 is 1.32 bits per heavy atom. The summed E-state index contributed by atoms with van der Waals surface area (Å²) in [4.78, 5) is 6.16. The highest BCUT2D eigenvalue weighted by molar-refractivity contribution is 5.65. The second-order valence-corrected chi connectivity index (χ2v) is 7.27. The predicted molar refractivity (Wildman–Crippen MR) is 102 cm³/mol. The number of aliphatic hydroxyl groups is 1. The highest BCUT2D eigenvalue weighted by Crippen LogP contribution is 2.51. The van der Waals surface area contributed by atoms with Gasteiger partial charge in [0.25, 0.3) is 0 Å². The number of aliphatic imine (C=N–C) groups is 1. The zero-order valence-electron chi connectivity index (χ0n) is 17.0. The lowest BCUT2D eigenvalue weighted by Crippen LogP contribution is -2.56. The molecular weight excluding hydrogens is 373 g/mol. The van der Waals surface area contributed by atoms with Crippen LogP contribution in [0.5, 0.6) is 5.75 Å². The van der Waals surface area contributed by atoms with Crippen LogP contribution in [-0.2, 0) is 10.3 Å². The van der Waals surface area contributed by atoms with Crippen molar-refractivity contribution in [2.24, 2.45) is 10.9 Å². The Morgan fingerprint density at radius 3 is 2.39 bits per heavy atom. The maximum Gasteiger partial charge on any atom is 0.424 e. The van der Waals surface area contributed by atoms with Crippen LogP contribution in [0.15, 0.2) is 17.1 Å². The van der Waals surface area contributed by atoms with Crippen LogP contribution in [0.3, 0.4) is 0 Å². The van der Waals surface area contributed by atoms with Crippen LogP contribution >= 0.6 is 0 Å². The van der Waals surface area contributed by atoms with E-state index in [0.717, 1.165) is 13.0 Å². The van der Waals surface area contributed by atoms with E-state index in [1.165, 1.54) is 26.4 Å². The molecule has 1 fully saturated rings. The fraction of sp³-hybridized carbons (Fsp3) is 0.650. The van der Waals surface area contributed by atoms with Gasteiger partial charge >= 0.3 is 6.18 Å². The Bertz CT molecular complexity index is 705. The number of alkyl halides is 3. The first-order valence-electron chi connectivity index (χ1n) is 9.35. The molecule has 1 aromatic carbocycles. The quantitative estimate of drug-likeness (QED) is 0.524. The molecular formula is C20H29F3N2O3. The lowest BCUT2D eigenvalue weighted by molar-refractivity contribution is -0.311. The van der Waals surface area contributed by atoms with Crippen molar-refractivity contribution in [2.45, 2.75) is 51.0 Å². The van der Waals surface area contributed by atoms with Gasteiger partial charge in [0.15, 0.2) is 0 Å². The van der Waals surface area contributed by atoms with Gasteiger partial charge in [-0.15, -0.1) is 0 Å². The number of hydrogen-bond donors (Lipinski definition) is 1. The van der Waals surface area contributed by atoms with Gasteiger partial charge < -0.3 is 19.5 Å². The fourth-order valence-corrected chi connectivity index (χ4v) is 3.44. The minimum atomic E-state index is -4.93. The number of methoxy groups -OCH3 is 2. The van der Waals surface area contributed by atoms with E-state index in [-0.39, 0.29) is 17.2 Å². The third-order valence-corrected chi connectivity index (χ3v) is 5.50. The molecule has 0 aromatic heterocycles. The Balaban J connectivity index is 2.60. The summed E-state index contributed by atoms with van der Waals surface area (Å²) in [6.07, 6.45) is -2.74. The highest BCUT2D eigenvalue weighted by atomic mass is 19.4. The molecule has 1 aliphatic carbocycles. The third-order valence-electron chi connectivity index (χ3n) is 5.50. The Hall–Kier alpha value is -1.80. The zero-order chi connectivity index (χ0) is 21.1. The highest BCUT2D eigenvalue weighted by Gasteiger charge is 2.63. The Labute approximate surface area is 164 Å². The molecule has 1 saturated carbocycles. The number of aryl methyl sites for hydroxylation is 1. The standard InChI is InChI=1S/C20H29F3N2O3/c1-6-25(3)12-24-16-11-17(27-4)15(10-13(16)2)19(26,20(21,22)23)18(28-5)14-8-7-9-14/h10-12,14,18,26H,6-9H2,1-5H3. The van der Waals surface area contributed by atoms with Gasteiger partial charge in [-0.2, -0.15) is 13.2 Å². The summed E-state index contributed by atoms with van der Waals surface area (Å²) in [6.45, 7) is 4.35. The number of ether oxygens (including phenoxy) is 2. The SMILES string of the molecule is CCN(C)C=Nc1cc(OC)c(C(O)(C(OC)C2CCC2)C(F)(F)F)cc1C. The van der Waals surface area contributed by atoms with Crippen LogP contribution in [-0.4, -0.2) is 56.4 Å². The number of benzene rings is 1. The summed E-state index contributed by atoms with van der Waals surface area (Å²) in [5.74, 6) is -0.435. The molecule has 0 radical (unpaired) electrons. The Morgan fingerprint density at radius 2 is 1.96 bits per heavy atom. The molecule has 0 amide bonds. The number of halogens is 3. The van der Waals surface area contributed by atoms with Gasteiger partial charge in [-0.3, -0.25) is 0 Å². The van der Waals surface area contributed by atoms with Crippen molar-refractivity contribution in [3.05, 3.63) is 23.3 Å². The summed E-state index contributed by atoms with van der Waals surface area (Å²) in [7, 11) is 4.33. The molecule has 0 aliphatic heterocycles. The van der Waals surface area contributed by atoms with Crippen molar-refractivity contribution in [1.29, 1.82) is 0 Å². The lowest BCUT2D eigenvalue weighted by atomic mass is 9.71. The zero-order valence-corrected chi connectivity index (χ0v) is 17.0. The van der Waals surface area contributed by atoms with Crippen LogP contribution in [0.25, 0.3) is 0 Å². The van der Waals surface area contributed by atoms with Gasteiger partial charge in [0.1, 0.15) is 11.9 Å². The van der Waals surface area contributed by atoms with Crippen LogP contribution < -0.4 is 4.74 Å². The van der Waals surface area contributed by atoms with Gasteiger partial charge in [0, 0.05) is 32.3 Å². The van der Waals surface area contributed by atoms with Crippen LogP contribution in [0.2, 0.25) is 0 Å². The first-order valence-corrected chi connectivity index (χ1v) is 9.35. The van der Waals surface area contributed by atoms with Crippen LogP contribution in [0, 0.1) is 12.8 Å². The van der Waals surface area contributed by atoms with Crippen molar-refractivity contribution < 1.29 is 27.8 Å². The van der Waals surface area contributed by atoms with Crippen LogP contribution in [0.4, 0.5) is 18.9 Å². The van der Waals surface area contributed by atoms with E-state index in [9.17, 15) is 18.3 Å². The molecule has 2 unspecified atom stereocenters. The van der Waals surface area contributed by atoms with Gasteiger partial charge in [-0.25, -0.2) is 4.99 Å². The largest absolute Gasteiger partial charge is 0.496 e.